The summed E-state index contributed by atoms with van der Waals surface area (Å²) >= 11 is 0. The molecule has 7 heteroatoms. The predicted octanol–water partition coefficient (Wildman–Crippen LogP) is -0.451. The highest BCUT2D eigenvalue weighted by Crippen LogP contribution is 2.07. The third-order valence-corrected chi connectivity index (χ3v) is 3.02. The third kappa shape index (κ3) is 7.09. The van der Waals surface area contributed by atoms with E-state index < -0.39 is 24.1 Å². The van der Waals surface area contributed by atoms with Crippen molar-refractivity contribution < 1.29 is 24.9 Å². The fraction of sp³-hybridized carbons (Fsp3) is 0.833. The number of rotatable bonds is 10. The van der Waals surface area contributed by atoms with E-state index in [4.69, 9.17) is 10.2 Å². The Balaban J connectivity index is 4.77. The first-order chi connectivity index (χ1) is 8.81. The number of nitrogens with zero attached hydrogens (tertiary/aromatic N) is 2. The Labute approximate surface area is 113 Å². The van der Waals surface area contributed by atoms with Crippen LogP contribution in [0.4, 0.5) is 0 Å². The normalized spacial score (nSPS) is 14.6. The first-order valence-corrected chi connectivity index (χ1v) is 6.39. The monoisotopic (exact) mass is 276 g/mol. The highest BCUT2D eigenvalue weighted by atomic mass is 16.4. The van der Waals surface area contributed by atoms with Crippen LogP contribution in [0.3, 0.4) is 0 Å². The van der Waals surface area contributed by atoms with Crippen LogP contribution >= 0.6 is 0 Å². The van der Waals surface area contributed by atoms with Crippen LogP contribution < -0.4 is 0 Å². The van der Waals surface area contributed by atoms with Gasteiger partial charge < -0.3 is 15.3 Å². The van der Waals surface area contributed by atoms with Gasteiger partial charge in [0.05, 0.1) is 19.2 Å². The second-order valence-corrected chi connectivity index (χ2v) is 4.49. The zero-order chi connectivity index (χ0) is 15.0. The van der Waals surface area contributed by atoms with E-state index in [9.17, 15) is 14.7 Å². The molecule has 0 aliphatic rings. The number of carboxylic acids is 2. The smallest absolute Gasteiger partial charge is 0.317 e. The molecule has 3 N–H and O–H groups in total. The molecule has 0 aliphatic heterocycles. The summed E-state index contributed by atoms with van der Waals surface area (Å²) in [6, 6.07) is -0.402. The molecule has 112 valence electrons. The summed E-state index contributed by atoms with van der Waals surface area (Å²) in [5, 5.41) is 27.4. The van der Waals surface area contributed by atoms with E-state index in [1.54, 1.807) is 16.7 Å². The number of likely N-dealkylation sites (N-methyl/N-ethyl adjacent to an activating group) is 2. The van der Waals surface area contributed by atoms with Crippen molar-refractivity contribution in [3.8, 4) is 0 Å². The molecule has 19 heavy (non-hydrogen) atoms. The fourth-order valence-electron chi connectivity index (χ4n) is 1.97. The molecule has 7 nitrogen and oxygen atoms in total. The average Bonchev–Trinajstić information content (AvgIpc) is 2.30. The van der Waals surface area contributed by atoms with Crippen LogP contribution in [0.1, 0.15) is 20.8 Å². The summed E-state index contributed by atoms with van der Waals surface area (Å²) < 4.78 is 0. The second kappa shape index (κ2) is 8.84. The van der Waals surface area contributed by atoms with Crippen LogP contribution in [0, 0.1) is 0 Å². The van der Waals surface area contributed by atoms with Gasteiger partial charge in [0.15, 0.2) is 0 Å². The maximum absolute atomic E-state index is 10.8. The van der Waals surface area contributed by atoms with Crippen LogP contribution in [0.2, 0.25) is 0 Å². The predicted molar refractivity (Wildman–Crippen MR) is 70.1 cm³/mol. The molecule has 0 aromatic heterocycles. The third-order valence-electron chi connectivity index (χ3n) is 3.02. The highest BCUT2D eigenvalue weighted by molar-refractivity contribution is 5.69. The summed E-state index contributed by atoms with van der Waals surface area (Å²) in [5.74, 6) is -1.90. The van der Waals surface area contributed by atoms with Crippen LogP contribution in [0.25, 0.3) is 0 Å². The number of carbonyl (C=O) groups is 2. The van der Waals surface area contributed by atoms with Gasteiger partial charge in [-0.15, -0.1) is 0 Å². The van der Waals surface area contributed by atoms with Crippen LogP contribution in [-0.2, 0) is 9.59 Å². The van der Waals surface area contributed by atoms with Crippen LogP contribution in [0.5, 0.6) is 0 Å². The number of aliphatic carboxylic acids is 2. The van der Waals surface area contributed by atoms with Crippen molar-refractivity contribution in [3.63, 3.8) is 0 Å². The van der Waals surface area contributed by atoms with Crippen molar-refractivity contribution in [2.45, 2.75) is 32.9 Å². The van der Waals surface area contributed by atoms with E-state index in [-0.39, 0.29) is 13.1 Å². The Hall–Kier alpha value is -1.18. The molecule has 2 atom stereocenters. The summed E-state index contributed by atoms with van der Waals surface area (Å²) in [7, 11) is 0. The number of carboxylic acid groups (broad SMARTS) is 2. The molecule has 0 amide bonds. The van der Waals surface area contributed by atoms with Crippen LogP contribution in [-0.4, -0.2) is 81.9 Å². The van der Waals surface area contributed by atoms with Crippen molar-refractivity contribution in [1.82, 2.24) is 9.80 Å². The van der Waals surface area contributed by atoms with E-state index in [0.717, 1.165) is 0 Å². The van der Waals surface area contributed by atoms with Gasteiger partial charge in [-0.1, -0.05) is 13.8 Å². The lowest BCUT2D eigenvalue weighted by molar-refractivity contribution is -0.141. The van der Waals surface area contributed by atoms with Crippen molar-refractivity contribution in [2.75, 3.05) is 32.7 Å². The molecule has 0 aromatic carbocycles. The lowest BCUT2D eigenvalue weighted by Crippen LogP contribution is -2.52. The first-order valence-electron chi connectivity index (χ1n) is 6.39. The van der Waals surface area contributed by atoms with E-state index in [0.29, 0.717) is 19.6 Å². The molecule has 2 unspecified atom stereocenters. The summed E-state index contributed by atoms with van der Waals surface area (Å²) in [6.07, 6.45) is -0.734. The minimum absolute atomic E-state index is 0.121. The molecular weight excluding hydrogens is 252 g/mol. The minimum atomic E-state index is -0.964. The first kappa shape index (κ1) is 17.8. The number of aliphatic hydroxyl groups is 1. The van der Waals surface area contributed by atoms with Gasteiger partial charge in [0.25, 0.3) is 0 Å². The molecule has 0 saturated heterocycles. The van der Waals surface area contributed by atoms with Gasteiger partial charge in [0.1, 0.15) is 0 Å². The van der Waals surface area contributed by atoms with Gasteiger partial charge in [-0.05, 0) is 20.0 Å². The van der Waals surface area contributed by atoms with Gasteiger partial charge in [0.2, 0.25) is 0 Å². The molecule has 0 radical (unpaired) electrons. The number of hydrogen-bond acceptors (Lipinski definition) is 5. The second-order valence-electron chi connectivity index (χ2n) is 4.49. The molecule has 0 aromatic rings. The van der Waals surface area contributed by atoms with E-state index >= 15 is 0 Å². The molecule has 0 heterocycles. The van der Waals surface area contributed by atoms with E-state index in [2.05, 4.69) is 0 Å². The molecule has 0 spiro atoms. The molecule has 0 bridgehead atoms. The maximum atomic E-state index is 10.8. The van der Waals surface area contributed by atoms with Crippen molar-refractivity contribution >= 4 is 11.9 Å². The molecular formula is C12H24N2O5. The highest BCUT2D eigenvalue weighted by Gasteiger charge is 2.26. The largest absolute Gasteiger partial charge is 0.480 e. The molecule has 0 rings (SSSR count). The summed E-state index contributed by atoms with van der Waals surface area (Å²) in [6.45, 7) is 6.26. The average molecular weight is 276 g/mol. The Morgan fingerprint density at radius 2 is 1.58 bits per heavy atom. The number of aliphatic hydroxyl groups excluding tert-OH is 1. The Bertz CT molecular complexity index is 296. The van der Waals surface area contributed by atoms with Crippen molar-refractivity contribution in [1.29, 1.82) is 0 Å². The number of hydrogen-bond donors (Lipinski definition) is 3. The Morgan fingerprint density at radius 1 is 1.05 bits per heavy atom. The lowest BCUT2D eigenvalue weighted by Gasteiger charge is -2.35. The van der Waals surface area contributed by atoms with Gasteiger partial charge in [-0.2, -0.15) is 0 Å². The van der Waals surface area contributed by atoms with Gasteiger partial charge >= 0.3 is 11.9 Å². The Kier molecular flexibility index (Phi) is 8.29. The quantitative estimate of drug-likeness (QED) is 0.496. The van der Waals surface area contributed by atoms with Crippen LogP contribution in [0.15, 0.2) is 0 Å². The van der Waals surface area contributed by atoms with E-state index in [1.165, 1.54) is 0 Å². The standard InChI is InChI=1S/C12H24N2O5/c1-4-13(7-11(16)17)6-10(9(3)15)14(5-2)8-12(18)19/h9-10,15H,4-8H2,1-3H3,(H,16,17)(H,18,19). The molecule has 0 saturated carbocycles. The van der Waals surface area contributed by atoms with E-state index in [1.807, 2.05) is 13.8 Å². The van der Waals surface area contributed by atoms with Gasteiger partial charge in [0, 0.05) is 12.6 Å². The van der Waals surface area contributed by atoms with Gasteiger partial charge in [-0.25, -0.2) is 0 Å². The van der Waals surface area contributed by atoms with Gasteiger partial charge in [-0.3, -0.25) is 19.4 Å². The summed E-state index contributed by atoms with van der Waals surface area (Å²) in [5.41, 5.74) is 0. The van der Waals surface area contributed by atoms with Crippen molar-refractivity contribution in [3.05, 3.63) is 0 Å². The summed E-state index contributed by atoms with van der Waals surface area (Å²) in [4.78, 5) is 24.8. The topological polar surface area (TPSA) is 101 Å². The molecule has 0 aliphatic carbocycles. The zero-order valence-corrected chi connectivity index (χ0v) is 11.7. The maximum Gasteiger partial charge on any atom is 0.317 e. The van der Waals surface area contributed by atoms with Crippen molar-refractivity contribution in [2.24, 2.45) is 0 Å². The molecule has 0 fully saturated rings. The fourth-order valence-corrected chi connectivity index (χ4v) is 1.97. The minimum Gasteiger partial charge on any atom is -0.480 e. The SMILES string of the molecule is CCN(CC(=O)O)CC(C(C)O)N(CC)CC(=O)O. The Morgan fingerprint density at radius 3 is 1.89 bits per heavy atom. The lowest BCUT2D eigenvalue weighted by atomic mass is 10.1. The zero-order valence-electron chi connectivity index (χ0n) is 11.7.